The lowest BCUT2D eigenvalue weighted by atomic mass is 9.87. The van der Waals surface area contributed by atoms with Gasteiger partial charge in [-0.25, -0.2) is 19.2 Å². The molecule has 4 rings (SSSR count). The van der Waals surface area contributed by atoms with Crippen LogP contribution in [-0.4, -0.2) is 49.2 Å². The summed E-state index contributed by atoms with van der Waals surface area (Å²) in [4.78, 5) is 32.2. The van der Waals surface area contributed by atoms with E-state index in [1.165, 1.54) is 18.2 Å². The van der Waals surface area contributed by atoms with Crippen molar-refractivity contribution in [3.63, 3.8) is 0 Å². The molecule has 0 radical (unpaired) electrons. The van der Waals surface area contributed by atoms with E-state index in [0.717, 1.165) is 10.6 Å². The summed E-state index contributed by atoms with van der Waals surface area (Å²) in [7, 11) is 0. The Bertz CT molecular complexity index is 1310. The van der Waals surface area contributed by atoms with E-state index in [-0.39, 0.29) is 22.4 Å². The molecule has 1 aliphatic heterocycles. The average molecular weight is 507 g/mol. The molecule has 0 N–H and O–H groups in total. The monoisotopic (exact) mass is 506 g/mol. The van der Waals surface area contributed by atoms with Crippen molar-refractivity contribution in [3.05, 3.63) is 63.0 Å². The van der Waals surface area contributed by atoms with Crippen molar-refractivity contribution in [2.24, 2.45) is 0 Å². The summed E-state index contributed by atoms with van der Waals surface area (Å²) < 4.78 is 13.0. The third kappa shape index (κ3) is 3.84. The first-order valence-corrected chi connectivity index (χ1v) is 11.3. The van der Waals surface area contributed by atoms with Gasteiger partial charge in [0, 0.05) is 23.4 Å². The average Bonchev–Trinajstić information content (AvgIpc) is 3.26. The minimum atomic E-state index is -1.37. The Morgan fingerprint density at radius 1 is 1.24 bits per heavy atom. The Morgan fingerprint density at radius 3 is 2.64 bits per heavy atom. The summed E-state index contributed by atoms with van der Waals surface area (Å²) in [5.41, 5.74) is 1.49. The van der Waals surface area contributed by atoms with Gasteiger partial charge in [-0.15, -0.1) is 0 Å². The van der Waals surface area contributed by atoms with Crippen molar-refractivity contribution in [2.45, 2.75) is 39.3 Å². The van der Waals surface area contributed by atoms with E-state index in [0.29, 0.717) is 21.9 Å². The number of thiocarbonyl (C=S) groups is 1. The minimum absolute atomic E-state index is 0.113. The van der Waals surface area contributed by atoms with Gasteiger partial charge in [-0.2, -0.15) is 5.10 Å². The molecule has 11 heteroatoms. The zero-order valence-corrected chi connectivity index (χ0v) is 20.6. The lowest BCUT2D eigenvalue weighted by Crippen LogP contribution is -2.51. The van der Waals surface area contributed by atoms with Crippen LogP contribution in [0.25, 0.3) is 5.65 Å². The molecule has 3 aromatic rings. The van der Waals surface area contributed by atoms with Crippen molar-refractivity contribution in [2.75, 3.05) is 6.61 Å². The lowest BCUT2D eigenvalue weighted by molar-refractivity contribution is -0.151. The lowest BCUT2D eigenvalue weighted by Gasteiger charge is -2.31. The Hall–Kier alpha value is -2.75. The van der Waals surface area contributed by atoms with Gasteiger partial charge >= 0.3 is 5.97 Å². The van der Waals surface area contributed by atoms with Crippen LogP contribution >= 0.6 is 35.4 Å². The van der Waals surface area contributed by atoms with Crippen molar-refractivity contribution >= 4 is 58.1 Å². The molecule has 0 aliphatic carbocycles. The molecule has 172 valence electrons. The first kappa shape index (κ1) is 23.4. The van der Waals surface area contributed by atoms with Crippen molar-refractivity contribution in [3.8, 4) is 0 Å². The number of hydrogen-bond acceptors (Lipinski definition) is 7. The zero-order valence-electron chi connectivity index (χ0n) is 18.3. The standard InChI is InChI=1S/C22H20Cl2N4O4S/c1-5-31-20(30)18-22(4,14-10-25-17-8-11(2)26-28(17)12(14)3)32-21(33)27(18)19(29)13-6-7-15(23)16(24)9-13/h6-10,18H,5H2,1-4H3. The second kappa shape index (κ2) is 8.55. The summed E-state index contributed by atoms with van der Waals surface area (Å²) >= 11 is 17.5. The maximum Gasteiger partial charge on any atom is 0.333 e. The number of fused-ring (bicyclic) bond motifs is 1. The number of esters is 1. The Kier molecular flexibility index (Phi) is 6.07. The summed E-state index contributed by atoms with van der Waals surface area (Å²) in [5, 5.41) is 4.79. The van der Waals surface area contributed by atoms with Gasteiger partial charge in [0.25, 0.3) is 11.1 Å². The highest BCUT2D eigenvalue weighted by Crippen LogP contribution is 2.41. The van der Waals surface area contributed by atoms with Gasteiger partial charge in [-0.1, -0.05) is 23.2 Å². The fraction of sp³-hybridized carbons (Fsp3) is 0.318. The maximum atomic E-state index is 13.5. The summed E-state index contributed by atoms with van der Waals surface area (Å²) in [6.45, 7) is 7.16. The van der Waals surface area contributed by atoms with E-state index in [1.54, 1.807) is 24.6 Å². The number of carbonyl (C=O) groups is 2. The normalized spacial score (nSPS) is 20.2. The highest BCUT2D eigenvalue weighted by Gasteiger charge is 2.58. The van der Waals surface area contributed by atoms with Crippen LogP contribution in [-0.2, 0) is 19.9 Å². The Labute approximate surface area is 205 Å². The number of aromatic nitrogens is 3. The predicted octanol–water partition coefficient (Wildman–Crippen LogP) is 4.26. The number of rotatable bonds is 4. The summed E-state index contributed by atoms with van der Waals surface area (Å²) in [5.74, 6) is -1.23. The molecule has 1 aliphatic rings. The molecule has 0 saturated carbocycles. The number of nitrogens with zero attached hydrogens (tertiary/aromatic N) is 4. The second-order valence-electron chi connectivity index (χ2n) is 7.75. The van der Waals surface area contributed by atoms with E-state index in [9.17, 15) is 9.59 Å². The van der Waals surface area contributed by atoms with Gasteiger partial charge in [0.1, 0.15) is 0 Å². The molecule has 1 amide bonds. The van der Waals surface area contributed by atoms with Gasteiger partial charge in [0.15, 0.2) is 17.3 Å². The quantitative estimate of drug-likeness (QED) is 0.385. The Morgan fingerprint density at radius 2 is 1.97 bits per heavy atom. The van der Waals surface area contributed by atoms with Gasteiger partial charge < -0.3 is 9.47 Å². The third-order valence-electron chi connectivity index (χ3n) is 5.55. The second-order valence-corrected chi connectivity index (χ2v) is 8.91. The van der Waals surface area contributed by atoms with Crippen LogP contribution in [0.3, 0.4) is 0 Å². The highest BCUT2D eigenvalue weighted by atomic mass is 35.5. The molecule has 1 aromatic carbocycles. The first-order chi connectivity index (χ1) is 15.6. The van der Waals surface area contributed by atoms with Crippen LogP contribution in [0, 0.1) is 13.8 Å². The smallest absolute Gasteiger partial charge is 0.333 e. The van der Waals surface area contributed by atoms with Crippen molar-refractivity contribution in [1.82, 2.24) is 19.5 Å². The molecule has 2 atom stereocenters. The third-order valence-corrected chi connectivity index (χ3v) is 6.57. The number of hydrogen-bond donors (Lipinski definition) is 0. The number of halogens is 2. The van der Waals surface area contributed by atoms with Crippen LogP contribution in [0.5, 0.6) is 0 Å². The Balaban J connectivity index is 1.86. The number of amides is 1. The SMILES string of the molecule is CCOC(=O)C1N(C(=O)c2ccc(Cl)c(Cl)c2)C(=S)OC1(C)c1cnc2cc(C)nn2c1C. The molecule has 1 saturated heterocycles. The highest BCUT2D eigenvalue weighted by molar-refractivity contribution is 7.80. The fourth-order valence-electron chi connectivity index (χ4n) is 4.01. The first-order valence-electron chi connectivity index (χ1n) is 10.1. The van der Waals surface area contributed by atoms with Crippen LogP contribution in [0.1, 0.15) is 41.2 Å². The van der Waals surface area contributed by atoms with Crippen LogP contribution in [0.4, 0.5) is 0 Å². The number of benzene rings is 1. The van der Waals surface area contributed by atoms with E-state index in [1.807, 2.05) is 19.9 Å². The van der Waals surface area contributed by atoms with Crippen LogP contribution in [0.2, 0.25) is 10.0 Å². The van der Waals surface area contributed by atoms with E-state index >= 15 is 0 Å². The predicted molar refractivity (Wildman–Crippen MR) is 127 cm³/mol. The minimum Gasteiger partial charge on any atom is -0.464 e. The molecular weight excluding hydrogens is 487 g/mol. The molecule has 0 bridgehead atoms. The summed E-state index contributed by atoms with van der Waals surface area (Å²) in [6.07, 6.45) is 1.60. The molecule has 0 spiro atoms. The maximum absolute atomic E-state index is 13.5. The van der Waals surface area contributed by atoms with E-state index < -0.39 is 23.5 Å². The molecule has 2 aromatic heterocycles. The zero-order chi connectivity index (χ0) is 24.1. The largest absolute Gasteiger partial charge is 0.464 e. The van der Waals surface area contributed by atoms with E-state index in [4.69, 9.17) is 44.9 Å². The number of ether oxygens (including phenoxy) is 2. The van der Waals surface area contributed by atoms with Gasteiger partial charge in [-0.05, 0) is 58.1 Å². The molecular formula is C22H20Cl2N4O4S. The van der Waals surface area contributed by atoms with Crippen LogP contribution in [0.15, 0.2) is 30.5 Å². The topological polar surface area (TPSA) is 86.0 Å². The number of aryl methyl sites for hydroxylation is 2. The summed E-state index contributed by atoms with van der Waals surface area (Å²) in [6, 6.07) is 5.04. The van der Waals surface area contributed by atoms with Gasteiger partial charge in [0.2, 0.25) is 0 Å². The molecule has 33 heavy (non-hydrogen) atoms. The molecule has 2 unspecified atom stereocenters. The molecule has 1 fully saturated rings. The molecule has 3 heterocycles. The molecule has 8 nitrogen and oxygen atoms in total. The number of carbonyl (C=O) groups excluding carboxylic acids is 2. The van der Waals surface area contributed by atoms with E-state index in [2.05, 4.69) is 10.1 Å². The van der Waals surface area contributed by atoms with Gasteiger partial charge in [-0.3, -0.25) is 4.79 Å². The van der Waals surface area contributed by atoms with Crippen LogP contribution < -0.4 is 0 Å². The fourth-order valence-corrected chi connectivity index (χ4v) is 4.67. The van der Waals surface area contributed by atoms with Gasteiger partial charge in [0.05, 0.1) is 28.0 Å². The van der Waals surface area contributed by atoms with Crippen molar-refractivity contribution < 1.29 is 19.1 Å². The van der Waals surface area contributed by atoms with Crippen molar-refractivity contribution in [1.29, 1.82) is 0 Å².